The number of benzene rings is 2. The van der Waals surface area contributed by atoms with Gasteiger partial charge in [-0.15, -0.1) is 0 Å². The first-order chi connectivity index (χ1) is 13.8. The van der Waals surface area contributed by atoms with Gasteiger partial charge in [0.05, 0.1) is 5.69 Å². The molecule has 1 fully saturated rings. The zero-order valence-electron chi connectivity index (χ0n) is 15.4. The average Bonchev–Trinajstić information content (AvgIpc) is 2.93. The SMILES string of the molecule is C=C(O)c1ccc(N2C(=O)CC(SC(=NC)Nc3cc(Cl)cc(Cl)c3)C2=O)cc1. The molecule has 2 aromatic rings. The third-order valence-corrected chi connectivity index (χ3v) is 5.73. The minimum atomic E-state index is -0.615. The van der Waals surface area contributed by atoms with Gasteiger partial charge in [0, 0.05) is 34.8 Å². The molecule has 1 unspecified atom stereocenters. The van der Waals surface area contributed by atoms with E-state index in [1.165, 1.54) is 0 Å². The predicted molar refractivity (Wildman–Crippen MR) is 120 cm³/mol. The van der Waals surface area contributed by atoms with E-state index in [1.807, 2.05) is 0 Å². The van der Waals surface area contributed by atoms with Crippen LogP contribution in [0.1, 0.15) is 12.0 Å². The summed E-state index contributed by atoms with van der Waals surface area (Å²) in [5.74, 6) is -0.716. The minimum Gasteiger partial charge on any atom is -0.508 e. The van der Waals surface area contributed by atoms with Crippen molar-refractivity contribution in [2.75, 3.05) is 17.3 Å². The number of aliphatic hydroxyl groups is 1. The number of halogens is 2. The van der Waals surface area contributed by atoms with Crippen LogP contribution in [-0.2, 0) is 9.59 Å². The largest absolute Gasteiger partial charge is 0.508 e. The number of carbonyl (C=O) groups excluding carboxylic acids is 2. The number of anilines is 2. The smallest absolute Gasteiger partial charge is 0.247 e. The van der Waals surface area contributed by atoms with Gasteiger partial charge in [-0.3, -0.25) is 14.6 Å². The number of rotatable bonds is 4. The zero-order valence-corrected chi connectivity index (χ0v) is 17.7. The Morgan fingerprint density at radius 2 is 1.83 bits per heavy atom. The number of hydrogen-bond donors (Lipinski definition) is 2. The lowest BCUT2D eigenvalue weighted by Crippen LogP contribution is -2.31. The van der Waals surface area contributed by atoms with Crippen LogP contribution in [0.4, 0.5) is 11.4 Å². The van der Waals surface area contributed by atoms with E-state index in [2.05, 4.69) is 16.9 Å². The second-order valence-electron chi connectivity index (χ2n) is 6.18. The van der Waals surface area contributed by atoms with Crippen molar-refractivity contribution >= 4 is 69.1 Å². The maximum absolute atomic E-state index is 12.8. The Hall–Kier alpha value is -2.48. The molecule has 0 aliphatic carbocycles. The Labute approximate surface area is 182 Å². The number of aliphatic hydroxyl groups excluding tert-OH is 1. The first kappa shape index (κ1) is 21.2. The molecular weight excluding hydrogens is 433 g/mol. The molecule has 2 N–H and O–H groups in total. The molecule has 0 saturated carbocycles. The van der Waals surface area contributed by atoms with Crippen LogP contribution >= 0.6 is 35.0 Å². The van der Waals surface area contributed by atoms with E-state index in [-0.39, 0.29) is 24.0 Å². The van der Waals surface area contributed by atoms with E-state index in [0.717, 1.165) is 16.7 Å². The monoisotopic (exact) mass is 449 g/mol. The summed E-state index contributed by atoms with van der Waals surface area (Å²) < 4.78 is 0. The van der Waals surface area contributed by atoms with Crippen LogP contribution in [-0.4, -0.2) is 34.4 Å². The maximum atomic E-state index is 12.8. The first-order valence-corrected chi connectivity index (χ1v) is 10.1. The molecule has 0 aromatic heterocycles. The van der Waals surface area contributed by atoms with E-state index in [4.69, 9.17) is 23.2 Å². The Morgan fingerprint density at radius 3 is 2.38 bits per heavy atom. The molecule has 0 radical (unpaired) electrons. The first-order valence-electron chi connectivity index (χ1n) is 8.50. The van der Waals surface area contributed by atoms with Gasteiger partial charge < -0.3 is 10.4 Å². The molecule has 1 aliphatic rings. The van der Waals surface area contributed by atoms with E-state index in [0.29, 0.717) is 32.2 Å². The minimum absolute atomic E-state index is 0.0506. The second-order valence-corrected chi connectivity index (χ2v) is 8.25. The lowest BCUT2D eigenvalue weighted by molar-refractivity contribution is -0.121. The van der Waals surface area contributed by atoms with Crippen molar-refractivity contribution in [3.63, 3.8) is 0 Å². The van der Waals surface area contributed by atoms with Gasteiger partial charge in [0.1, 0.15) is 11.0 Å². The molecule has 0 spiro atoms. The average molecular weight is 450 g/mol. The summed E-state index contributed by atoms with van der Waals surface area (Å²) in [7, 11) is 1.58. The highest BCUT2D eigenvalue weighted by Gasteiger charge is 2.40. The molecule has 2 aromatic carbocycles. The molecular formula is C20H17Cl2N3O3S. The number of thioether (sulfide) groups is 1. The molecule has 29 heavy (non-hydrogen) atoms. The second kappa shape index (κ2) is 8.90. The van der Waals surface area contributed by atoms with Crippen LogP contribution in [0.2, 0.25) is 10.0 Å². The fraction of sp³-hybridized carbons (Fsp3) is 0.150. The van der Waals surface area contributed by atoms with Crippen LogP contribution in [0.15, 0.2) is 54.0 Å². The van der Waals surface area contributed by atoms with Crippen molar-refractivity contribution in [1.29, 1.82) is 0 Å². The molecule has 1 saturated heterocycles. The van der Waals surface area contributed by atoms with Gasteiger partial charge in [0.2, 0.25) is 11.8 Å². The van der Waals surface area contributed by atoms with Gasteiger partial charge in [0.25, 0.3) is 0 Å². The van der Waals surface area contributed by atoms with Crippen molar-refractivity contribution in [3.05, 3.63) is 64.7 Å². The molecule has 1 atom stereocenters. The topological polar surface area (TPSA) is 82.0 Å². The Balaban J connectivity index is 1.73. The van der Waals surface area contributed by atoms with Gasteiger partial charge in [0.15, 0.2) is 5.17 Å². The lowest BCUT2D eigenvalue weighted by Gasteiger charge is -2.16. The Bertz CT molecular complexity index is 988. The number of aliphatic imine (C=N–C) groups is 1. The molecule has 0 bridgehead atoms. The Kier molecular flexibility index (Phi) is 6.52. The van der Waals surface area contributed by atoms with E-state index in [9.17, 15) is 14.7 Å². The van der Waals surface area contributed by atoms with Gasteiger partial charge in [-0.2, -0.15) is 0 Å². The van der Waals surface area contributed by atoms with Crippen molar-refractivity contribution in [1.82, 2.24) is 0 Å². The molecule has 1 heterocycles. The lowest BCUT2D eigenvalue weighted by atomic mass is 10.2. The van der Waals surface area contributed by atoms with E-state index < -0.39 is 5.25 Å². The van der Waals surface area contributed by atoms with Crippen LogP contribution in [0.3, 0.4) is 0 Å². The Morgan fingerprint density at radius 1 is 1.21 bits per heavy atom. The summed E-state index contributed by atoms with van der Waals surface area (Å²) in [6.45, 7) is 3.45. The fourth-order valence-corrected chi connectivity index (χ4v) is 4.30. The van der Waals surface area contributed by atoms with E-state index >= 15 is 0 Å². The van der Waals surface area contributed by atoms with Crippen LogP contribution in [0.25, 0.3) is 5.76 Å². The van der Waals surface area contributed by atoms with Crippen LogP contribution in [0, 0.1) is 0 Å². The molecule has 150 valence electrons. The van der Waals surface area contributed by atoms with Gasteiger partial charge >= 0.3 is 0 Å². The number of nitrogens with one attached hydrogen (secondary N) is 1. The number of nitrogens with zero attached hydrogens (tertiary/aromatic N) is 2. The summed E-state index contributed by atoms with van der Waals surface area (Å²) in [5, 5.41) is 13.3. The third kappa shape index (κ3) is 4.93. The standard InChI is InChI=1S/C20H17Cl2N3O3S/c1-11(26)12-3-5-16(6-4-12)25-18(27)10-17(19(25)28)29-20(23-2)24-15-8-13(21)7-14(22)9-15/h3-9,17,26H,1,10H2,2H3,(H,23,24). The van der Waals surface area contributed by atoms with Gasteiger partial charge in [-0.1, -0.05) is 41.5 Å². The highest BCUT2D eigenvalue weighted by Crippen LogP contribution is 2.32. The summed E-state index contributed by atoms with van der Waals surface area (Å²) in [6, 6.07) is 11.4. The fourth-order valence-electron chi connectivity index (χ4n) is 2.79. The molecule has 9 heteroatoms. The number of carbonyl (C=O) groups is 2. The zero-order chi connectivity index (χ0) is 21.1. The molecule has 3 rings (SSSR count). The quantitative estimate of drug-likeness (QED) is 0.297. The molecule has 6 nitrogen and oxygen atoms in total. The third-order valence-electron chi connectivity index (χ3n) is 4.13. The summed E-state index contributed by atoms with van der Waals surface area (Å²) in [4.78, 5) is 30.6. The summed E-state index contributed by atoms with van der Waals surface area (Å²) in [5.41, 5.74) is 1.59. The maximum Gasteiger partial charge on any atom is 0.247 e. The van der Waals surface area contributed by atoms with Crippen molar-refractivity contribution < 1.29 is 14.7 Å². The van der Waals surface area contributed by atoms with Gasteiger partial charge in [-0.25, -0.2) is 4.90 Å². The van der Waals surface area contributed by atoms with Gasteiger partial charge in [-0.05, 0) is 42.5 Å². The number of hydrogen-bond acceptors (Lipinski definition) is 5. The van der Waals surface area contributed by atoms with Crippen molar-refractivity contribution in [2.24, 2.45) is 4.99 Å². The van der Waals surface area contributed by atoms with Crippen LogP contribution < -0.4 is 10.2 Å². The summed E-state index contributed by atoms with van der Waals surface area (Å²) in [6.07, 6.45) is 0.0506. The number of amides is 2. The van der Waals surface area contributed by atoms with Crippen molar-refractivity contribution in [3.8, 4) is 0 Å². The normalized spacial score (nSPS) is 17.0. The van der Waals surface area contributed by atoms with Crippen LogP contribution in [0.5, 0.6) is 0 Å². The highest BCUT2D eigenvalue weighted by molar-refractivity contribution is 8.15. The highest BCUT2D eigenvalue weighted by atomic mass is 35.5. The number of amidine groups is 1. The van der Waals surface area contributed by atoms with Crippen molar-refractivity contribution in [2.45, 2.75) is 11.7 Å². The molecule has 1 aliphatic heterocycles. The summed E-state index contributed by atoms with van der Waals surface area (Å²) >= 11 is 13.2. The van der Waals surface area contributed by atoms with E-state index in [1.54, 1.807) is 49.5 Å². The molecule has 2 amide bonds. The predicted octanol–water partition coefficient (Wildman–Crippen LogP) is 4.99. The number of imide groups is 1.